The molecule has 0 aliphatic carbocycles. The summed E-state index contributed by atoms with van der Waals surface area (Å²) >= 11 is 0. The Kier molecular flexibility index (Phi) is 3.27. The van der Waals surface area contributed by atoms with Crippen molar-refractivity contribution in [1.29, 1.82) is 0 Å². The molecule has 0 atom stereocenters. The number of aromatic nitrogens is 3. The maximum absolute atomic E-state index is 11.0. The van der Waals surface area contributed by atoms with Crippen LogP contribution in [0.5, 0.6) is 0 Å². The van der Waals surface area contributed by atoms with Crippen molar-refractivity contribution in [2.45, 2.75) is 13.5 Å². The molecule has 0 unspecified atom stereocenters. The minimum absolute atomic E-state index is 0.0269. The highest BCUT2D eigenvalue weighted by Gasteiger charge is 2.11. The van der Waals surface area contributed by atoms with Gasteiger partial charge in [-0.05, 0) is 19.1 Å². The van der Waals surface area contributed by atoms with E-state index in [9.17, 15) is 4.79 Å². The van der Waals surface area contributed by atoms with E-state index in [1.807, 2.05) is 20.2 Å². The second-order valence-electron chi connectivity index (χ2n) is 3.97. The first-order valence-corrected chi connectivity index (χ1v) is 5.49. The highest BCUT2D eigenvalue weighted by atomic mass is 16.4. The van der Waals surface area contributed by atoms with Gasteiger partial charge < -0.3 is 10.4 Å². The topological polar surface area (TPSA) is 80.0 Å². The number of hydrogen-bond donors (Lipinski definition) is 2. The van der Waals surface area contributed by atoms with Crippen LogP contribution >= 0.6 is 0 Å². The van der Waals surface area contributed by atoms with E-state index < -0.39 is 5.97 Å². The molecular weight excluding hydrogens is 232 g/mol. The Morgan fingerprint density at radius 3 is 2.94 bits per heavy atom. The normalized spacial score (nSPS) is 10.3. The lowest BCUT2D eigenvalue weighted by molar-refractivity contribution is 0.0691. The molecule has 0 bridgehead atoms. The Balaban J connectivity index is 2.15. The van der Waals surface area contributed by atoms with E-state index in [1.165, 1.54) is 6.20 Å². The number of nitrogens with zero attached hydrogens (tertiary/aromatic N) is 3. The van der Waals surface area contributed by atoms with Gasteiger partial charge in [0.1, 0.15) is 0 Å². The van der Waals surface area contributed by atoms with Crippen LogP contribution in [0.15, 0.2) is 24.5 Å². The van der Waals surface area contributed by atoms with Crippen LogP contribution in [0.3, 0.4) is 0 Å². The van der Waals surface area contributed by atoms with E-state index in [0.717, 1.165) is 11.3 Å². The number of anilines is 1. The molecule has 0 spiro atoms. The maximum Gasteiger partial charge on any atom is 0.356 e. The lowest BCUT2D eigenvalue weighted by atomic mass is 10.2. The van der Waals surface area contributed by atoms with E-state index in [4.69, 9.17) is 5.11 Å². The summed E-state index contributed by atoms with van der Waals surface area (Å²) in [6.07, 6.45) is 3.36. The van der Waals surface area contributed by atoms with Gasteiger partial charge in [-0.2, -0.15) is 5.10 Å². The average molecular weight is 246 g/mol. The molecule has 18 heavy (non-hydrogen) atoms. The van der Waals surface area contributed by atoms with Gasteiger partial charge in [0.15, 0.2) is 5.69 Å². The lowest BCUT2D eigenvalue weighted by Crippen LogP contribution is -2.08. The van der Waals surface area contributed by atoms with Crippen LogP contribution in [0.25, 0.3) is 0 Å². The highest BCUT2D eigenvalue weighted by molar-refractivity contribution is 5.91. The number of aromatic carboxylic acids is 1. The fourth-order valence-electron chi connectivity index (χ4n) is 1.73. The van der Waals surface area contributed by atoms with Crippen LogP contribution in [-0.2, 0) is 13.6 Å². The molecule has 2 aromatic heterocycles. The molecule has 2 aromatic rings. The van der Waals surface area contributed by atoms with Crippen molar-refractivity contribution in [2.24, 2.45) is 7.05 Å². The number of carboxylic acid groups (broad SMARTS) is 1. The second kappa shape index (κ2) is 4.87. The molecular formula is C12H14N4O2. The molecule has 0 saturated carbocycles. The third kappa shape index (κ3) is 2.48. The number of nitrogens with one attached hydrogen (secondary N) is 1. The number of carboxylic acids is 1. The average Bonchev–Trinajstić information content (AvgIpc) is 2.65. The van der Waals surface area contributed by atoms with Gasteiger partial charge in [-0.1, -0.05) is 0 Å². The lowest BCUT2D eigenvalue weighted by Gasteiger charge is -2.07. The van der Waals surface area contributed by atoms with Crippen molar-refractivity contribution in [3.63, 3.8) is 0 Å². The van der Waals surface area contributed by atoms with Crippen LogP contribution in [0.4, 0.5) is 5.69 Å². The molecule has 2 heterocycles. The van der Waals surface area contributed by atoms with Crippen molar-refractivity contribution in [3.8, 4) is 0 Å². The van der Waals surface area contributed by atoms with Crippen LogP contribution in [-0.4, -0.2) is 25.8 Å². The molecule has 2 rings (SSSR count). The van der Waals surface area contributed by atoms with Crippen LogP contribution in [0, 0.1) is 6.92 Å². The third-order valence-corrected chi connectivity index (χ3v) is 2.59. The highest BCUT2D eigenvalue weighted by Crippen LogP contribution is 2.14. The van der Waals surface area contributed by atoms with E-state index >= 15 is 0 Å². The first-order valence-electron chi connectivity index (χ1n) is 5.49. The minimum Gasteiger partial charge on any atom is -0.476 e. The number of pyridine rings is 1. The summed E-state index contributed by atoms with van der Waals surface area (Å²) in [5, 5.41) is 16.3. The van der Waals surface area contributed by atoms with Crippen molar-refractivity contribution in [2.75, 3.05) is 5.32 Å². The fourth-order valence-corrected chi connectivity index (χ4v) is 1.73. The summed E-state index contributed by atoms with van der Waals surface area (Å²) in [5.41, 5.74) is 2.48. The van der Waals surface area contributed by atoms with E-state index in [0.29, 0.717) is 12.2 Å². The molecule has 0 aliphatic heterocycles. The number of rotatable bonds is 4. The van der Waals surface area contributed by atoms with Crippen LogP contribution in [0.1, 0.15) is 21.7 Å². The summed E-state index contributed by atoms with van der Waals surface area (Å²) in [7, 11) is 1.85. The van der Waals surface area contributed by atoms with E-state index in [2.05, 4.69) is 15.4 Å². The zero-order chi connectivity index (χ0) is 13.1. The van der Waals surface area contributed by atoms with Gasteiger partial charge in [-0.25, -0.2) is 9.78 Å². The molecule has 0 aliphatic rings. The Labute approximate surface area is 104 Å². The summed E-state index contributed by atoms with van der Waals surface area (Å²) in [4.78, 5) is 14.8. The molecule has 6 heteroatoms. The van der Waals surface area contributed by atoms with Crippen LogP contribution in [0.2, 0.25) is 0 Å². The zero-order valence-electron chi connectivity index (χ0n) is 10.2. The van der Waals surface area contributed by atoms with Gasteiger partial charge in [-0.15, -0.1) is 0 Å². The molecule has 0 aromatic carbocycles. The van der Waals surface area contributed by atoms with Crippen molar-refractivity contribution in [3.05, 3.63) is 41.5 Å². The predicted molar refractivity (Wildman–Crippen MR) is 66.5 cm³/mol. The molecule has 0 fully saturated rings. The smallest absolute Gasteiger partial charge is 0.356 e. The summed E-state index contributed by atoms with van der Waals surface area (Å²) in [6.45, 7) is 2.43. The predicted octanol–water partition coefficient (Wildman–Crippen LogP) is 1.43. The summed E-state index contributed by atoms with van der Waals surface area (Å²) in [6, 6.07) is 3.40. The largest absolute Gasteiger partial charge is 0.476 e. The summed E-state index contributed by atoms with van der Waals surface area (Å²) < 4.78 is 1.73. The van der Waals surface area contributed by atoms with Gasteiger partial charge in [-0.3, -0.25) is 4.68 Å². The van der Waals surface area contributed by atoms with Gasteiger partial charge in [0.05, 0.1) is 11.4 Å². The Bertz CT molecular complexity index is 577. The monoisotopic (exact) mass is 246 g/mol. The Morgan fingerprint density at radius 2 is 2.33 bits per heavy atom. The van der Waals surface area contributed by atoms with Crippen molar-refractivity contribution >= 4 is 11.7 Å². The van der Waals surface area contributed by atoms with Gasteiger partial charge in [0.2, 0.25) is 0 Å². The number of carbonyl (C=O) groups is 1. The molecule has 0 saturated heterocycles. The molecule has 94 valence electrons. The van der Waals surface area contributed by atoms with E-state index in [1.54, 1.807) is 16.8 Å². The SMILES string of the molecule is Cc1nn(C)cc1CNc1cccnc1C(=O)O. The standard InChI is InChI=1S/C12H14N4O2/c1-8-9(7-16(2)15-8)6-14-10-4-3-5-13-11(10)12(17)18/h3-5,7,14H,6H2,1-2H3,(H,17,18). The second-order valence-corrected chi connectivity index (χ2v) is 3.97. The van der Waals surface area contributed by atoms with Gasteiger partial charge in [0.25, 0.3) is 0 Å². The molecule has 0 radical (unpaired) electrons. The Hall–Kier alpha value is -2.37. The van der Waals surface area contributed by atoms with Crippen molar-refractivity contribution < 1.29 is 9.90 Å². The van der Waals surface area contributed by atoms with Crippen LogP contribution < -0.4 is 5.32 Å². The third-order valence-electron chi connectivity index (χ3n) is 2.59. The first kappa shape index (κ1) is 12.1. The number of hydrogen-bond acceptors (Lipinski definition) is 4. The maximum atomic E-state index is 11.0. The summed E-state index contributed by atoms with van der Waals surface area (Å²) in [5.74, 6) is -1.04. The molecule has 0 amide bonds. The van der Waals surface area contributed by atoms with E-state index in [-0.39, 0.29) is 5.69 Å². The minimum atomic E-state index is -1.04. The fraction of sp³-hybridized carbons (Fsp3) is 0.250. The first-order chi connectivity index (χ1) is 8.58. The van der Waals surface area contributed by atoms with Gasteiger partial charge in [0, 0.05) is 31.5 Å². The molecule has 2 N–H and O–H groups in total. The number of aryl methyl sites for hydroxylation is 2. The quantitative estimate of drug-likeness (QED) is 0.853. The zero-order valence-corrected chi connectivity index (χ0v) is 10.2. The van der Waals surface area contributed by atoms with Crippen molar-refractivity contribution in [1.82, 2.24) is 14.8 Å². The Morgan fingerprint density at radius 1 is 1.56 bits per heavy atom. The van der Waals surface area contributed by atoms with Gasteiger partial charge >= 0.3 is 5.97 Å². The molecule has 6 nitrogen and oxygen atoms in total.